The van der Waals surface area contributed by atoms with Crippen LogP contribution < -0.4 is 5.32 Å². The van der Waals surface area contributed by atoms with Crippen LogP contribution in [0.1, 0.15) is 52.0 Å². The smallest absolute Gasteiger partial charge is 0.0623 e. The largest absolute Gasteiger partial charge is 0.379 e. The van der Waals surface area contributed by atoms with E-state index in [-0.39, 0.29) is 5.60 Å². The normalized spacial score (nSPS) is 13.7. The van der Waals surface area contributed by atoms with Gasteiger partial charge in [-0.25, -0.2) is 0 Å². The average Bonchev–Trinajstić information content (AvgIpc) is 2.43. The van der Waals surface area contributed by atoms with Gasteiger partial charge >= 0.3 is 0 Å². The van der Waals surface area contributed by atoms with Crippen molar-refractivity contribution in [2.45, 2.75) is 52.1 Å². The van der Waals surface area contributed by atoms with E-state index >= 15 is 0 Å². The Balaban J connectivity index is 2.67. The predicted molar refractivity (Wildman–Crippen MR) is 94.9 cm³/mol. The molecule has 120 valence electrons. The van der Waals surface area contributed by atoms with Crippen LogP contribution in [0.4, 0.5) is 0 Å². The second-order valence-corrected chi connectivity index (χ2v) is 7.72. The summed E-state index contributed by atoms with van der Waals surface area (Å²) < 4.78 is 6.69. The maximum Gasteiger partial charge on any atom is 0.0623 e. The Morgan fingerprint density at radius 1 is 1.14 bits per heavy atom. The maximum absolute atomic E-state index is 5.56. The second-order valence-electron chi connectivity index (χ2n) is 6.80. The van der Waals surface area contributed by atoms with Crippen LogP contribution in [0.25, 0.3) is 0 Å². The minimum atomic E-state index is -0.0499. The zero-order valence-corrected chi connectivity index (χ0v) is 15.7. The highest BCUT2D eigenvalue weighted by Gasteiger charge is 2.20. The Morgan fingerprint density at radius 2 is 1.76 bits per heavy atom. The molecule has 0 amide bonds. The molecule has 3 heteroatoms. The van der Waals surface area contributed by atoms with E-state index in [1.165, 1.54) is 5.56 Å². The first-order valence-corrected chi connectivity index (χ1v) is 8.64. The van der Waals surface area contributed by atoms with Gasteiger partial charge in [-0.2, -0.15) is 0 Å². The summed E-state index contributed by atoms with van der Waals surface area (Å²) >= 11 is 3.51. The van der Waals surface area contributed by atoms with Gasteiger partial charge in [0.1, 0.15) is 0 Å². The molecule has 0 saturated carbocycles. The van der Waals surface area contributed by atoms with Crippen molar-refractivity contribution in [2.24, 2.45) is 5.92 Å². The summed E-state index contributed by atoms with van der Waals surface area (Å²) in [5.74, 6) is 1.22. The molecule has 1 rings (SSSR count). The first kappa shape index (κ1) is 18.7. The lowest BCUT2D eigenvalue weighted by molar-refractivity contribution is 0.0124. The van der Waals surface area contributed by atoms with Gasteiger partial charge in [-0.05, 0) is 62.8 Å². The molecule has 0 radical (unpaired) electrons. The summed E-state index contributed by atoms with van der Waals surface area (Å²) in [6, 6.07) is 8.72. The molecule has 0 aliphatic heterocycles. The monoisotopic (exact) mass is 355 g/mol. The van der Waals surface area contributed by atoms with Gasteiger partial charge in [0.05, 0.1) is 5.60 Å². The maximum atomic E-state index is 5.56. The molecule has 1 atom stereocenters. The molecule has 21 heavy (non-hydrogen) atoms. The van der Waals surface area contributed by atoms with Crippen molar-refractivity contribution >= 4 is 15.9 Å². The first-order chi connectivity index (χ1) is 9.84. The van der Waals surface area contributed by atoms with Gasteiger partial charge < -0.3 is 10.1 Å². The summed E-state index contributed by atoms with van der Waals surface area (Å²) in [4.78, 5) is 0. The van der Waals surface area contributed by atoms with Crippen LogP contribution in [0.3, 0.4) is 0 Å². The number of methoxy groups -OCH3 is 1. The average molecular weight is 356 g/mol. The molecule has 0 fully saturated rings. The van der Waals surface area contributed by atoms with Crippen LogP contribution in [0.5, 0.6) is 0 Å². The van der Waals surface area contributed by atoms with Crippen LogP contribution in [0.2, 0.25) is 0 Å². The van der Waals surface area contributed by atoms with E-state index in [2.05, 4.69) is 73.2 Å². The fourth-order valence-corrected chi connectivity index (χ4v) is 2.56. The molecule has 0 heterocycles. The second kappa shape index (κ2) is 8.92. The van der Waals surface area contributed by atoms with Crippen molar-refractivity contribution in [2.75, 3.05) is 20.2 Å². The van der Waals surface area contributed by atoms with E-state index in [0.29, 0.717) is 11.8 Å². The summed E-state index contributed by atoms with van der Waals surface area (Å²) in [5, 5.41) is 3.60. The van der Waals surface area contributed by atoms with Crippen molar-refractivity contribution in [1.29, 1.82) is 0 Å². The third kappa shape index (κ3) is 7.44. The molecule has 1 unspecified atom stereocenters. The lowest BCUT2D eigenvalue weighted by Gasteiger charge is -2.26. The number of nitrogens with one attached hydrogen (secondary N) is 1. The molecule has 1 aromatic rings. The number of hydrogen-bond donors (Lipinski definition) is 1. The van der Waals surface area contributed by atoms with Gasteiger partial charge in [0.15, 0.2) is 0 Å². The minimum Gasteiger partial charge on any atom is -0.379 e. The molecule has 0 saturated heterocycles. The third-order valence-electron chi connectivity index (χ3n) is 3.93. The molecule has 1 N–H and O–H groups in total. The lowest BCUT2D eigenvalue weighted by atomic mass is 9.89. The zero-order valence-electron chi connectivity index (χ0n) is 14.1. The number of ether oxygens (including phenoxy) is 1. The number of hydrogen-bond acceptors (Lipinski definition) is 2. The van der Waals surface area contributed by atoms with E-state index < -0.39 is 0 Å². The Hall–Kier alpha value is -0.380. The topological polar surface area (TPSA) is 21.3 Å². The summed E-state index contributed by atoms with van der Waals surface area (Å²) in [6.45, 7) is 10.9. The zero-order chi connectivity index (χ0) is 15.9. The highest BCUT2D eigenvalue weighted by Crippen LogP contribution is 2.27. The lowest BCUT2D eigenvalue weighted by Crippen LogP contribution is -2.28. The third-order valence-corrected chi connectivity index (χ3v) is 4.46. The standard InChI is InChI=1S/C18H30BrNO/c1-14(2)12-20-13-16(10-11-18(3,4)21-5)15-6-8-17(19)9-7-15/h6-9,14,16,20H,10-13H2,1-5H3. The van der Waals surface area contributed by atoms with Crippen LogP contribution in [0.15, 0.2) is 28.7 Å². The Morgan fingerprint density at radius 3 is 2.29 bits per heavy atom. The van der Waals surface area contributed by atoms with Gasteiger partial charge in [0.25, 0.3) is 0 Å². The fourth-order valence-electron chi connectivity index (χ4n) is 2.29. The molecule has 2 nitrogen and oxygen atoms in total. The molecular weight excluding hydrogens is 326 g/mol. The van der Waals surface area contributed by atoms with Crippen molar-refractivity contribution in [3.05, 3.63) is 34.3 Å². The SMILES string of the molecule is COC(C)(C)CCC(CNCC(C)C)c1ccc(Br)cc1. The Kier molecular flexibility index (Phi) is 7.93. The highest BCUT2D eigenvalue weighted by molar-refractivity contribution is 9.10. The molecule has 0 aliphatic carbocycles. The Labute approximate surface area is 138 Å². The molecular formula is C18H30BrNO. The van der Waals surface area contributed by atoms with E-state index in [0.717, 1.165) is 30.4 Å². The minimum absolute atomic E-state index is 0.0499. The number of rotatable bonds is 9. The van der Waals surface area contributed by atoms with Crippen molar-refractivity contribution in [1.82, 2.24) is 5.32 Å². The summed E-state index contributed by atoms with van der Waals surface area (Å²) in [5.41, 5.74) is 1.35. The van der Waals surface area contributed by atoms with Gasteiger partial charge in [-0.15, -0.1) is 0 Å². The van der Waals surface area contributed by atoms with E-state index in [9.17, 15) is 0 Å². The Bertz CT molecular complexity index is 400. The van der Waals surface area contributed by atoms with Crippen molar-refractivity contribution < 1.29 is 4.74 Å². The number of halogens is 1. The van der Waals surface area contributed by atoms with E-state index in [1.807, 2.05) is 0 Å². The molecule has 1 aromatic carbocycles. The van der Waals surface area contributed by atoms with Crippen LogP contribution in [-0.2, 0) is 4.74 Å². The van der Waals surface area contributed by atoms with Gasteiger partial charge in [-0.1, -0.05) is 41.9 Å². The molecule has 0 bridgehead atoms. The van der Waals surface area contributed by atoms with Crippen molar-refractivity contribution in [3.8, 4) is 0 Å². The molecule has 0 aromatic heterocycles. The van der Waals surface area contributed by atoms with Crippen LogP contribution >= 0.6 is 15.9 Å². The fraction of sp³-hybridized carbons (Fsp3) is 0.667. The van der Waals surface area contributed by atoms with Gasteiger partial charge in [0, 0.05) is 18.1 Å². The number of benzene rings is 1. The van der Waals surface area contributed by atoms with Crippen molar-refractivity contribution in [3.63, 3.8) is 0 Å². The summed E-state index contributed by atoms with van der Waals surface area (Å²) in [6.07, 6.45) is 2.20. The quantitative estimate of drug-likeness (QED) is 0.674. The van der Waals surface area contributed by atoms with Gasteiger partial charge in [0.2, 0.25) is 0 Å². The highest BCUT2D eigenvalue weighted by atomic mass is 79.9. The summed E-state index contributed by atoms with van der Waals surface area (Å²) in [7, 11) is 1.80. The first-order valence-electron chi connectivity index (χ1n) is 7.85. The van der Waals surface area contributed by atoms with Crippen LogP contribution in [0, 0.1) is 5.92 Å². The molecule has 0 spiro atoms. The molecule has 0 aliphatic rings. The van der Waals surface area contributed by atoms with Crippen LogP contribution in [-0.4, -0.2) is 25.8 Å². The van der Waals surface area contributed by atoms with E-state index in [4.69, 9.17) is 4.74 Å². The predicted octanol–water partition coefficient (Wildman–Crippen LogP) is 4.98. The van der Waals surface area contributed by atoms with E-state index in [1.54, 1.807) is 7.11 Å². The van der Waals surface area contributed by atoms with Gasteiger partial charge in [-0.3, -0.25) is 0 Å².